The predicted octanol–water partition coefficient (Wildman–Crippen LogP) is 3.10. The number of carboxylic acid groups (broad SMARTS) is 1. The second-order valence-electron chi connectivity index (χ2n) is 7.14. The number of amides is 1. The van der Waals surface area contributed by atoms with Gasteiger partial charge in [0, 0.05) is 56.3 Å². The smallest absolute Gasteiger partial charge is 0.303 e. The summed E-state index contributed by atoms with van der Waals surface area (Å²) in [6, 6.07) is 11.5. The number of nitro groups is 1. The largest absolute Gasteiger partial charge is 0.481 e. The number of non-ortho nitro benzene ring substituents is 1. The molecule has 1 atom stereocenters. The van der Waals surface area contributed by atoms with E-state index < -0.39 is 10.9 Å². The minimum Gasteiger partial charge on any atom is -0.481 e. The average Bonchev–Trinajstić information content (AvgIpc) is 2.75. The lowest BCUT2D eigenvalue weighted by Gasteiger charge is -2.39. The average molecular weight is 415 g/mol. The van der Waals surface area contributed by atoms with Crippen LogP contribution in [0.25, 0.3) is 0 Å². The monoisotopic (exact) mass is 415 g/mol. The molecule has 1 fully saturated rings. The van der Waals surface area contributed by atoms with Gasteiger partial charge in [0.05, 0.1) is 4.92 Å². The van der Waals surface area contributed by atoms with Crippen molar-refractivity contribution >= 4 is 17.6 Å². The molecule has 0 spiro atoms. The first-order valence-electron chi connectivity index (χ1n) is 9.60. The maximum absolute atomic E-state index is 13.3. The minimum atomic E-state index is -0.901. The number of rotatable bonds is 7. The van der Waals surface area contributed by atoms with Crippen LogP contribution in [0.2, 0.25) is 0 Å². The van der Waals surface area contributed by atoms with E-state index in [4.69, 9.17) is 5.11 Å². The van der Waals surface area contributed by atoms with Gasteiger partial charge in [-0.25, -0.2) is 4.39 Å². The van der Waals surface area contributed by atoms with Crippen LogP contribution in [0.15, 0.2) is 48.5 Å². The van der Waals surface area contributed by atoms with E-state index in [2.05, 4.69) is 4.90 Å². The second kappa shape index (κ2) is 9.45. The molecule has 0 bridgehead atoms. The van der Waals surface area contributed by atoms with E-state index in [-0.39, 0.29) is 35.4 Å². The fourth-order valence-corrected chi connectivity index (χ4v) is 3.68. The van der Waals surface area contributed by atoms with Crippen LogP contribution in [-0.4, -0.2) is 57.9 Å². The Kier molecular flexibility index (Phi) is 6.73. The molecule has 8 nitrogen and oxygen atoms in total. The Labute approximate surface area is 172 Å². The summed E-state index contributed by atoms with van der Waals surface area (Å²) in [4.78, 5) is 37.9. The van der Waals surface area contributed by atoms with Crippen LogP contribution >= 0.6 is 0 Å². The molecule has 158 valence electrons. The van der Waals surface area contributed by atoms with E-state index >= 15 is 0 Å². The van der Waals surface area contributed by atoms with Crippen LogP contribution < -0.4 is 0 Å². The summed E-state index contributed by atoms with van der Waals surface area (Å²) in [5.41, 5.74) is 0.958. The summed E-state index contributed by atoms with van der Waals surface area (Å²) in [5, 5.41) is 20.0. The fourth-order valence-electron chi connectivity index (χ4n) is 3.68. The molecule has 3 rings (SSSR count). The summed E-state index contributed by atoms with van der Waals surface area (Å²) >= 11 is 0. The van der Waals surface area contributed by atoms with E-state index in [1.54, 1.807) is 23.1 Å². The van der Waals surface area contributed by atoms with Crippen molar-refractivity contribution < 1.29 is 24.0 Å². The van der Waals surface area contributed by atoms with Gasteiger partial charge in [-0.1, -0.05) is 18.2 Å². The molecule has 30 heavy (non-hydrogen) atoms. The van der Waals surface area contributed by atoms with Crippen LogP contribution in [0.5, 0.6) is 0 Å². The van der Waals surface area contributed by atoms with Crippen LogP contribution in [0.4, 0.5) is 10.1 Å². The van der Waals surface area contributed by atoms with E-state index in [9.17, 15) is 24.1 Å². The number of carbonyl (C=O) groups excluding carboxylic acids is 1. The van der Waals surface area contributed by atoms with Gasteiger partial charge in [-0.2, -0.15) is 0 Å². The van der Waals surface area contributed by atoms with Gasteiger partial charge in [0.2, 0.25) is 0 Å². The van der Waals surface area contributed by atoms with Gasteiger partial charge in [-0.15, -0.1) is 0 Å². The summed E-state index contributed by atoms with van der Waals surface area (Å²) in [7, 11) is 0. The summed E-state index contributed by atoms with van der Waals surface area (Å²) in [5.74, 6) is -1.54. The summed E-state index contributed by atoms with van der Waals surface area (Å²) < 4.78 is 13.3. The minimum absolute atomic E-state index is 0.0190. The van der Waals surface area contributed by atoms with Crippen LogP contribution in [-0.2, 0) is 4.79 Å². The Morgan fingerprint density at radius 3 is 2.37 bits per heavy atom. The second-order valence-corrected chi connectivity index (χ2v) is 7.14. The van der Waals surface area contributed by atoms with Gasteiger partial charge < -0.3 is 10.0 Å². The maximum atomic E-state index is 13.3. The zero-order valence-corrected chi connectivity index (χ0v) is 16.2. The van der Waals surface area contributed by atoms with Crippen molar-refractivity contribution in [3.8, 4) is 0 Å². The molecule has 1 aliphatic rings. The Hall–Kier alpha value is -3.33. The zero-order valence-electron chi connectivity index (χ0n) is 16.2. The Balaban J connectivity index is 1.69. The lowest BCUT2D eigenvalue weighted by Crippen LogP contribution is -2.49. The number of nitro benzene ring substituents is 1. The number of benzene rings is 2. The normalized spacial score (nSPS) is 15.6. The highest BCUT2D eigenvalue weighted by atomic mass is 19.1. The van der Waals surface area contributed by atoms with Crippen molar-refractivity contribution in [3.05, 3.63) is 75.6 Å². The molecule has 0 radical (unpaired) electrons. The Bertz CT molecular complexity index is 926. The zero-order chi connectivity index (χ0) is 21.7. The summed E-state index contributed by atoms with van der Waals surface area (Å²) in [6.07, 6.45) is 0.356. The van der Waals surface area contributed by atoms with E-state index in [0.29, 0.717) is 32.6 Å². The van der Waals surface area contributed by atoms with Crippen molar-refractivity contribution in [1.29, 1.82) is 0 Å². The van der Waals surface area contributed by atoms with Crippen LogP contribution in [0.3, 0.4) is 0 Å². The van der Waals surface area contributed by atoms with Gasteiger partial charge in [0.15, 0.2) is 0 Å². The van der Waals surface area contributed by atoms with Crippen molar-refractivity contribution in [2.45, 2.75) is 18.9 Å². The van der Waals surface area contributed by atoms with E-state index in [1.807, 2.05) is 0 Å². The van der Waals surface area contributed by atoms with Crippen molar-refractivity contribution in [1.82, 2.24) is 9.80 Å². The molecule has 9 heteroatoms. The molecular weight excluding hydrogens is 393 g/mol. The molecule has 0 aromatic heterocycles. The molecular formula is C21H22FN3O5. The molecule has 0 aliphatic carbocycles. The molecule has 1 heterocycles. The number of halogens is 1. The number of carbonyl (C=O) groups is 2. The first kappa shape index (κ1) is 21.4. The third-order valence-electron chi connectivity index (χ3n) is 5.23. The number of hydrogen-bond acceptors (Lipinski definition) is 5. The standard InChI is InChI=1S/C21H22FN3O5/c22-17-6-4-15(5-7-17)19(8-9-20(26)27)23-10-12-24(13-11-23)21(28)16-2-1-3-18(14-16)25(29)30/h1-7,14,19H,8-13H2,(H,26,27)/t19-/m1/s1. The third-order valence-corrected chi connectivity index (χ3v) is 5.23. The highest BCUT2D eigenvalue weighted by Gasteiger charge is 2.28. The van der Waals surface area contributed by atoms with Gasteiger partial charge in [0.25, 0.3) is 11.6 Å². The van der Waals surface area contributed by atoms with Crippen LogP contribution in [0, 0.1) is 15.9 Å². The van der Waals surface area contributed by atoms with Gasteiger partial charge in [-0.05, 0) is 30.2 Å². The quantitative estimate of drug-likeness (QED) is 0.550. The highest BCUT2D eigenvalue weighted by molar-refractivity contribution is 5.94. The molecule has 1 amide bonds. The van der Waals surface area contributed by atoms with Crippen molar-refractivity contribution in [2.75, 3.05) is 26.2 Å². The number of carboxylic acids is 1. The van der Waals surface area contributed by atoms with Gasteiger partial charge in [-0.3, -0.25) is 24.6 Å². The van der Waals surface area contributed by atoms with Crippen molar-refractivity contribution in [3.63, 3.8) is 0 Å². The molecule has 1 saturated heterocycles. The third kappa shape index (κ3) is 5.18. The number of hydrogen-bond donors (Lipinski definition) is 1. The molecule has 0 unspecified atom stereocenters. The number of nitrogens with zero attached hydrogens (tertiary/aromatic N) is 3. The molecule has 1 N–H and O–H groups in total. The van der Waals surface area contributed by atoms with E-state index in [0.717, 1.165) is 5.56 Å². The summed E-state index contributed by atoms with van der Waals surface area (Å²) in [6.45, 7) is 1.85. The molecule has 2 aromatic carbocycles. The van der Waals surface area contributed by atoms with Gasteiger partial charge in [0.1, 0.15) is 5.82 Å². The Morgan fingerprint density at radius 1 is 1.10 bits per heavy atom. The lowest BCUT2D eigenvalue weighted by atomic mass is 9.99. The number of piperazine rings is 1. The molecule has 1 aliphatic heterocycles. The van der Waals surface area contributed by atoms with Crippen LogP contribution in [0.1, 0.15) is 34.8 Å². The number of aliphatic carboxylic acids is 1. The molecule has 2 aromatic rings. The van der Waals surface area contributed by atoms with Gasteiger partial charge >= 0.3 is 5.97 Å². The first-order chi connectivity index (χ1) is 14.3. The SMILES string of the molecule is O=C(O)CC[C@H](c1ccc(F)cc1)N1CCN(C(=O)c2cccc([N+](=O)[O-])c2)CC1. The lowest BCUT2D eigenvalue weighted by molar-refractivity contribution is -0.384. The highest BCUT2D eigenvalue weighted by Crippen LogP contribution is 2.27. The topological polar surface area (TPSA) is 104 Å². The van der Waals surface area contributed by atoms with E-state index in [1.165, 1.54) is 30.3 Å². The molecule has 0 saturated carbocycles. The first-order valence-corrected chi connectivity index (χ1v) is 9.60. The fraction of sp³-hybridized carbons (Fsp3) is 0.333. The van der Waals surface area contributed by atoms with Crippen molar-refractivity contribution in [2.24, 2.45) is 0 Å². The Morgan fingerprint density at radius 2 is 1.77 bits per heavy atom. The predicted molar refractivity (Wildman–Crippen MR) is 107 cm³/mol. The maximum Gasteiger partial charge on any atom is 0.303 e.